The highest BCUT2D eigenvalue weighted by Gasteiger charge is 2.50. The van der Waals surface area contributed by atoms with Gasteiger partial charge in [-0.25, -0.2) is 9.78 Å². The van der Waals surface area contributed by atoms with E-state index in [-0.39, 0.29) is 49.9 Å². The summed E-state index contributed by atoms with van der Waals surface area (Å²) in [6.07, 6.45) is 5.08. The van der Waals surface area contributed by atoms with Crippen molar-refractivity contribution in [2.24, 2.45) is 23.7 Å². The Kier molecular flexibility index (Phi) is 11.7. The van der Waals surface area contributed by atoms with Gasteiger partial charge in [0.2, 0.25) is 0 Å². The van der Waals surface area contributed by atoms with Gasteiger partial charge >= 0.3 is 11.8 Å². The number of benzene rings is 2. The number of carbonyl (C=O) groups is 3. The number of imidazole rings is 1. The second kappa shape index (κ2) is 16.0. The number of aryl methyl sites for hydroxylation is 1. The molecule has 2 aliphatic rings. The fourth-order valence-corrected chi connectivity index (χ4v) is 8.03. The van der Waals surface area contributed by atoms with Gasteiger partial charge in [0.1, 0.15) is 46.6 Å². The van der Waals surface area contributed by atoms with E-state index in [0.29, 0.717) is 5.65 Å². The van der Waals surface area contributed by atoms with E-state index < -0.39 is 89.6 Å². The number of allylic oxidation sites excluding steroid dienone is 2. The zero-order valence-electron chi connectivity index (χ0n) is 33.9. The van der Waals surface area contributed by atoms with Crippen LogP contribution in [0, 0.1) is 37.5 Å². The molecule has 2 aromatic heterocycles. The zero-order chi connectivity index (χ0) is 42.5. The van der Waals surface area contributed by atoms with Crippen molar-refractivity contribution in [3.8, 4) is 17.2 Å². The largest absolute Gasteiger partial charge is 0.507 e. The lowest BCUT2D eigenvalue weighted by molar-refractivity contribution is -0.166. The van der Waals surface area contributed by atoms with Gasteiger partial charge in [0.15, 0.2) is 5.75 Å². The van der Waals surface area contributed by atoms with Crippen LogP contribution in [0.5, 0.6) is 17.2 Å². The van der Waals surface area contributed by atoms with Crippen LogP contribution in [-0.2, 0) is 23.8 Å². The number of ether oxygens (including phenoxy) is 4. The zero-order valence-corrected chi connectivity index (χ0v) is 33.9. The predicted molar refractivity (Wildman–Crippen MR) is 215 cm³/mol. The Morgan fingerprint density at radius 2 is 1.71 bits per heavy atom. The number of rotatable bonds is 3. The van der Waals surface area contributed by atoms with Crippen molar-refractivity contribution in [3.05, 3.63) is 71.2 Å². The molecular formula is C43H51N3O12. The number of anilines is 1. The van der Waals surface area contributed by atoms with Crippen LogP contribution in [0.2, 0.25) is 0 Å². The van der Waals surface area contributed by atoms with E-state index in [9.17, 15) is 39.9 Å². The summed E-state index contributed by atoms with van der Waals surface area (Å²) in [5.41, 5.74) is 2.05. The number of hydrogen-bond acceptors (Lipinski definition) is 13. The Bertz CT molecular complexity index is 2400. The molecule has 58 heavy (non-hydrogen) atoms. The van der Waals surface area contributed by atoms with Gasteiger partial charge in [0.25, 0.3) is 11.7 Å². The molecule has 2 aliphatic heterocycles. The van der Waals surface area contributed by atoms with E-state index in [0.717, 1.165) is 5.56 Å². The molecule has 4 bridgehead atoms. The molecule has 0 fully saturated rings. The molecule has 6 N–H and O–H groups in total. The average Bonchev–Trinajstić information content (AvgIpc) is 3.70. The number of aromatic nitrogens is 2. The van der Waals surface area contributed by atoms with Crippen molar-refractivity contribution in [3.63, 3.8) is 0 Å². The second-order valence-corrected chi connectivity index (χ2v) is 15.6. The minimum Gasteiger partial charge on any atom is -0.507 e. The molecule has 15 heteroatoms. The maximum absolute atomic E-state index is 14.6. The van der Waals surface area contributed by atoms with Gasteiger partial charge < -0.3 is 49.8 Å². The number of esters is 1. The van der Waals surface area contributed by atoms with Gasteiger partial charge in [0, 0.05) is 60.4 Å². The highest BCUT2D eigenvalue weighted by Crippen LogP contribution is 2.54. The van der Waals surface area contributed by atoms with Crippen LogP contribution in [0.25, 0.3) is 27.5 Å². The van der Waals surface area contributed by atoms with E-state index in [1.165, 1.54) is 39.4 Å². The summed E-state index contributed by atoms with van der Waals surface area (Å²) >= 11 is 0. The van der Waals surface area contributed by atoms with Crippen molar-refractivity contribution < 1.29 is 58.9 Å². The summed E-state index contributed by atoms with van der Waals surface area (Å²) in [5.74, 6) is -7.77. The first kappa shape index (κ1) is 42.1. The first-order valence-electron chi connectivity index (χ1n) is 19.1. The van der Waals surface area contributed by atoms with Gasteiger partial charge in [-0.1, -0.05) is 45.9 Å². The number of methoxy groups -OCH3 is 1. The lowest BCUT2D eigenvalue weighted by Gasteiger charge is -2.38. The van der Waals surface area contributed by atoms with Crippen molar-refractivity contribution in [1.82, 2.24) is 9.38 Å². The molecule has 0 spiro atoms. The van der Waals surface area contributed by atoms with Gasteiger partial charge in [-0.15, -0.1) is 0 Å². The van der Waals surface area contributed by atoms with Crippen LogP contribution < -0.4 is 10.1 Å². The number of hydrogen-bond donors (Lipinski definition) is 6. The second-order valence-electron chi connectivity index (χ2n) is 15.6. The first-order chi connectivity index (χ1) is 27.4. The standard InChI is InChI=1S/C43H51N3O12/c1-19-13-15-46-27(17-19)44-32-29-30-37(51)25(7)40-31(29)41(53)43(8,58-40)56-16-14-26(55-9)22(4)39(57-28(48)18-47)24(6)36(50)23(5)35(49)20(2)11-10-12-21(3)42(54)45-33(34(32)46)38(30)52/h10-17,20,22-24,26,35-36,39,47,49-52H,18H2,1-9H3,(H,45,54)/b11-10+,16-14+,21-12-/t20-,22+,23+,24+,26-,35-,36+,39+,43-/m0/s1. The lowest BCUT2D eigenvalue weighted by Crippen LogP contribution is -2.47. The minimum absolute atomic E-state index is 0.00365. The number of ketones is 1. The van der Waals surface area contributed by atoms with Crippen LogP contribution in [0.3, 0.4) is 0 Å². The van der Waals surface area contributed by atoms with E-state index in [2.05, 4.69) is 5.32 Å². The number of amides is 1. The third kappa shape index (κ3) is 7.16. The molecule has 0 saturated heterocycles. The molecule has 9 atom stereocenters. The van der Waals surface area contributed by atoms with Gasteiger partial charge in [-0.3, -0.25) is 14.0 Å². The third-order valence-corrected chi connectivity index (χ3v) is 11.6. The molecule has 6 rings (SSSR count). The van der Waals surface area contributed by atoms with E-state index in [1.807, 2.05) is 13.0 Å². The number of nitrogens with zero attached hydrogens (tertiary/aromatic N) is 2. The Balaban J connectivity index is 1.57. The lowest BCUT2D eigenvalue weighted by atomic mass is 9.78. The van der Waals surface area contributed by atoms with E-state index >= 15 is 0 Å². The molecule has 0 aliphatic carbocycles. The Labute approximate surface area is 335 Å². The van der Waals surface area contributed by atoms with Crippen LogP contribution in [-0.4, -0.2) is 96.5 Å². The summed E-state index contributed by atoms with van der Waals surface area (Å²) in [7, 11) is 1.42. The number of pyridine rings is 1. The summed E-state index contributed by atoms with van der Waals surface area (Å²) in [4.78, 5) is 45.7. The number of carbonyl (C=O) groups excluding carboxylic acids is 3. The molecule has 310 valence electrons. The summed E-state index contributed by atoms with van der Waals surface area (Å²) in [6.45, 7) is 12.2. The number of aromatic hydroxyl groups is 2. The fraction of sp³-hybridized carbons (Fsp3) is 0.442. The highest BCUT2D eigenvalue weighted by atomic mass is 16.7. The normalized spacial score (nSPS) is 30.5. The SMILES string of the molecule is CO[C@H]1/C=C/O[C@@]2(C)Oc3c(C)c(O)c4c(O)c(c5c(nc6cc(C)ccn65)c4c3C2=O)NC(=O)/C(C)=C\C=C\[C@H](C)[C@H](O)[C@@H](C)[C@@H](O)[C@@H](C)[C@H](OC(=O)CO)[C@@H]1C. The molecule has 4 heterocycles. The van der Waals surface area contributed by atoms with Gasteiger partial charge in [-0.2, -0.15) is 0 Å². The molecule has 0 saturated carbocycles. The predicted octanol–water partition coefficient (Wildman–Crippen LogP) is 5.13. The van der Waals surface area contributed by atoms with Crippen LogP contribution in [0.4, 0.5) is 5.69 Å². The van der Waals surface area contributed by atoms with Crippen molar-refractivity contribution >= 4 is 50.8 Å². The van der Waals surface area contributed by atoms with Crippen LogP contribution >= 0.6 is 0 Å². The fourth-order valence-electron chi connectivity index (χ4n) is 8.03. The minimum atomic E-state index is -1.99. The quantitative estimate of drug-likeness (QED) is 0.117. The molecule has 0 radical (unpaired) electrons. The summed E-state index contributed by atoms with van der Waals surface area (Å²) in [5, 5.41) is 58.9. The number of Topliss-reactive ketones (excluding diaryl/α,β-unsaturated/α-hetero) is 1. The Hall–Kier alpha value is -5.48. The highest BCUT2D eigenvalue weighted by molar-refractivity contribution is 6.28. The number of phenols is 2. The van der Waals surface area contributed by atoms with Crippen molar-refractivity contribution in [2.75, 3.05) is 19.0 Å². The smallest absolute Gasteiger partial charge is 0.332 e. The third-order valence-electron chi connectivity index (χ3n) is 11.6. The summed E-state index contributed by atoms with van der Waals surface area (Å²) < 4.78 is 25.3. The maximum atomic E-state index is 14.6. The van der Waals surface area contributed by atoms with Crippen LogP contribution in [0.1, 0.15) is 63.0 Å². The average molecular weight is 802 g/mol. The monoisotopic (exact) mass is 801 g/mol. The van der Waals surface area contributed by atoms with Crippen LogP contribution in [0.15, 0.2) is 54.5 Å². The van der Waals surface area contributed by atoms with Crippen molar-refractivity contribution in [1.29, 1.82) is 0 Å². The molecule has 1 amide bonds. The van der Waals surface area contributed by atoms with Crippen molar-refractivity contribution in [2.45, 2.75) is 85.6 Å². The Morgan fingerprint density at radius 1 is 1.00 bits per heavy atom. The maximum Gasteiger partial charge on any atom is 0.332 e. The topological polar surface area (TPSA) is 219 Å². The molecule has 2 aromatic carbocycles. The molecule has 15 nitrogen and oxygen atoms in total. The number of fused-ring (bicyclic) bond motifs is 2. The Morgan fingerprint density at radius 3 is 2.38 bits per heavy atom. The number of aliphatic hydroxyl groups excluding tert-OH is 3. The summed E-state index contributed by atoms with van der Waals surface area (Å²) in [6, 6.07) is 3.62. The molecular weight excluding hydrogens is 750 g/mol. The van der Waals surface area contributed by atoms with E-state index in [4.69, 9.17) is 23.9 Å². The number of phenolic OH excluding ortho intramolecular Hbond substituents is 2. The first-order valence-corrected chi connectivity index (χ1v) is 19.1. The number of nitrogens with one attached hydrogen (secondary N) is 1. The molecule has 4 aromatic rings. The number of aliphatic hydroxyl groups is 3. The van der Waals surface area contributed by atoms with E-state index in [1.54, 1.807) is 63.4 Å². The molecule has 0 unspecified atom stereocenters. The van der Waals surface area contributed by atoms with Gasteiger partial charge in [-0.05, 0) is 44.5 Å². The van der Waals surface area contributed by atoms with Gasteiger partial charge in [0.05, 0.1) is 35.5 Å².